The van der Waals surface area contributed by atoms with Crippen LogP contribution in [-0.2, 0) is 23.6 Å². The third kappa shape index (κ3) is 4.50. The molecule has 1 amide bonds. The maximum absolute atomic E-state index is 13.7. The van der Waals surface area contributed by atoms with Crippen LogP contribution in [0.2, 0.25) is 0 Å². The number of benzene rings is 2. The maximum Gasteiger partial charge on any atom is 0.262 e. The highest BCUT2D eigenvalue weighted by Crippen LogP contribution is 2.19. The molecule has 0 aliphatic heterocycles. The maximum atomic E-state index is 13.7. The van der Waals surface area contributed by atoms with Gasteiger partial charge in [-0.1, -0.05) is 18.2 Å². The van der Waals surface area contributed by atoms with Crippen molar-refractivity contribution in [2.45, 2.75) is 11.4 Å². The van der Waals surface area contributed by atoms with Crippen LogP contribution in [0.15, 0.2) is 65.8 Å². The first-order valence-electron chi connectivity index (χ1n) is 7.98. The Balaban J connectivity index is 1.76. The quantitative estimate of drug-likeness (QED) is 0.678. The van der Waals surface area contributed by atoms with E-state index in [1.165, 1.54) is 42.5 Å². The van der Waals surface area contributed by atoms with Crippen molar-refractivity contribution >= 4 is 21.6 Å². The summed E-state index contributed by atoms with van der Waals surface area (Å²) in [5.74, 6) is -1.12. The van der Waals surface area contributed by atoms with Crippen molar-refractivity contribution in [2.75, 3.05) is 4.72 Å². The molecule has 2 N–H and O–H groups in total. The molecular formula is C18H17FN4O3S. The molecule has 0 aliphatic carbocycles. The number of halogens is 1. The second kappa shape index (κ2) is 7.58. The van der Waals surface area contributed by atoms with Gasteiger partial charge in [0, 0.05) is 30.9 Å². The molecule has 0 unspecified atom stereocenters. The van der Waals surface area contributed by atoms with Gasteiger partial charge in [0.05, 0.1) is 16.8 Å². The SMILES string of the molecule is Cn1cc(CNC(=O)c2cccc(S(=O)(=O)Nc3ccccc3F)c2)cn1. The number of anilines is 1. The summed E-state index contributed by atoms with van der Waals surface area (Å²) in [5, 5.41) is 6.71. The molecule has 7 nitrogen and oxygen atoms in total. The Morgan fingerprint density at radius 1 is 1.19 bits per heavy atom. The zero-order valence-corrected chi connectivity index (χ0v) is 15.2. The molecule has 3 rings (SSSR count). The van der Waals surface area contributed by atoms with E-state index in [1.807, 2.05) is 0 Å². The van der Waals surface area contributed by atoms with Crippen molar-refractivity contribution in [1.29, 1.82) is 0 Å². The fourth-order valence-electron chi connectivity index (χ4n) is 2.40. The van der Waals surface area contributed by atoms with E-state index < -0.39 is 21.7 Å². The van der Waals surface area contributed by atoms with Gasteiger partial charge in [0.2, 0.25) is 0 Å². The van der Waals surface area contributed by atoms with E-state index in [9.17, 15) is 17.6 Å². The highest BCUT2D eigenvalue weighted by Gasteiger charge is 2.18. The second-order valence-corrected chi connectivity index (χ2v) is 7.50. The van der Waals surface area contributed by atoms with Crippen molar-refractivity contribution in [3.05, 3.63) is 77.9 Å². The number of amides is 1. The van der Waals surface area contributed by atoms with Crippen LogP contribution >= 0.6 is 0 Å². The number of hydrogen-bond donors (Lipinski definition) is 2. The van der Waals surface area contributed by atoms with Crippen LogP contribution in [0, 0.1) is 5.82 Å². The van der Waals surface area contributed by atoms with Crippen molar-refractivity contribution in [1.82, 2.24) is 15.1 Å². The van der Waals surface area contributed by atoms with E-state index in [1.54, 1.807) is 24.1 Å². The van der Waals surface area contributed by atoms with Gasteiger partial charge in [-0.15, -0.1) is 0 Å². The van der Waals surface area contributed by atoms with Crippen LogP contribution in [0.3, 0.4) is 0 Å². The number of nitrogens with zero attached hydrogens (tertiary/aromatic N) is 2. The Kier molecular flexibility index (Phi) is 5.22. The molecule has 0 saturated carbocycles. The van der Waals surface area contributed by atoms with E-state index in [0.29, 0.717) is 0 Å². The normalized spacial score (nSPS) is 11.2. The van der Waals surface area contributed by atoms with E-state index >= 15 is 0 Å². The van der Waals surface area contributed by atoms with Crippen LogP contribution < -0.4 is 10.0 Å². The molecule has 140 valence electrons. The number of carbonyl (C=O) groups is 1. The Bertz CT molecular complexity index is 1080. The van der Waals surface area contributed by atoms with Gasteiger partial charge in [0.15, 0.2) is 0 Å². The predicted molar refractivity (Wildman–Crippen MR) is 98.0 cm³/mol. The molecule has 1 aromatic heterocycles. The van der Waals surface area contributed by atoms with Crippen molar-refractivity contribution in [3.63, 3.8) is 0 Å². The molecule has 27 heavy (non-hydrogen) atoms. The van der Waals surface area contributed by atoms with Crippen LogP contribution in [0.25, 0.3) is 0 Å². The largest absolute Gasteiger partial charge is 0.348 e. The number of sulfonamides is 1. The summed E-state index contributed by atoms with van der Waals surface area (Å²) < 4.78 is 42.5. The Morgan fingerprint density at radius 3 is 2.67 bits per heavy atom. The zero-order valence-electron chi connectivity index (χ0n) is 14.4. The monoisotopic (exact) mass is 388 g/mol. The summed E-state index contributed by atoms with van der Waals surface area (Å²) >= 11 is 0. The van der Waals surface area contributed by atoms with Crippen molar-refractivity contribution in [2.24, 2.45) is 7.05 Å². The predicted octanol–water partition coefficient (Wildman–Crippen LogP) is 2.29. The summed E-state index contributed by atoms with van der Waals surface area (Å²) in [5.41, 5.74) is 0.829. The number of carbonyl (C=O) groups excluding carboxylic acids is 1. The van der Waals surface area contributed by atoms with Gasteiger partial charge in [-0.25, -0.2) is 12.8 Å². The number of nitrogens with one attached hydrogen (secondary N) is 2. The molecule has 0 spiro atoms. The van der Waals surface area contributed by atoms with E-state index in [4.69, 9.17) is 0 Å². The first-order valence-corrected chi connectivity index (χ1v) is 9.46. The minimum atomic E-state index is -4.04. The molecule has 2 aromatic carbocycles. The average Bonchev–Trinajstić information content (AvgIpc) is 3.07. The van der Waals surface area contributed by atoms with Gasteiger partial charge in [-0.3, -0.25) is 14.2 Å². The fraction of sp³-hybridized carbons (Fsp3) is 0.111. The minimum absolute atomic E-state index is 0.139. The lowest BCUT2D eigenvalue weighted by molar-refractivity contribution is 0.0950. The third-order valence-corrected chi connectivity index (χ3v) is 5.10. The molecule has 1 heterocycles. The standard InChI is InChI=1S/C18H17FN4O3S/c1-23-12-13(11-21-23)10-20-18(24)14-5-4-6-15(9-14)27(25,26)22-17-8-3-2-7-16(17)19/h2-9,11-12,22H,10H2,1H3,(H,20,24). The van der Waals surface area contributed by atoms with Crippen LogP contribution in [0.1, 0.15) is 15.9 Å². The van der Waals surface area contributed by atoms with Gasteiger partial charge < -0.3 is 5.32 Å². The zero-order chi connectivity index (χ0) is 19.4. The third-order valence-electron chi connectivity index (χ3n) is 3.74. The minimum Gasteiger partial charge on any atom is -0.348 e. The summed E-state index contributed by atoms with van der Waals surface area (Å²) in [6, 6.07) is 11.0. The molecule has 0 fully saturated rings. The number of para-hydroxylation sites is 1. The Morgan fingerprint density at radius 2 is 1.96 bits per heavy atom. The number of rotatable bonds is 6. The second-order valence-electron chi connectivity index (χ2n) is 5.82. The molecule has 0 atom stereocenters. The highest BCUT2D eigenvalue weighted by atomic mass is 32.2. The van der Waals surface area contributed by atoms with Gasteiger partial charge in [0.25, 0.3) is 15.9 Å². The molecule has 9 heteroatoms. The average molecular weight is 388 g/mol. The number of aryl methyl sites for hydroxylation is 1. The smallest absolute Gasteiger partial charge is 0.262 e. The van der Waals surface area contributed by atoms with Gasteiger partial charge in [-0.2, -0.15) is 5.10 Å². The van der Waals surface area contributed by atoms with Gasteiger partial charge in [-0.05, 0) is 30.3 Å². The lowest BCUT2D eigenvalue weighted by Crippen LogP contribution is -2.23. The Labute approximate surface area is 155 Å². The topological polar surface area (TPSA) is 93.1 Å². The lowest BCUT2D eigenvalue weighted by Gasteiger charge is -2.10. The molecule has 0 radical (unpaired) electrons. The Hall–Kier alpha value is -3.20. The van der Waals surface area contributed by atoms with Crippen LogP contribution in [-0.4, -0.2) is 24.1 Å². The molecule has 0 saturated heterocycles. The van der Waals surface area contributed by atoms with Crippen LogP contribution in [0.4, 0.5) is 10.1 Å². The van der Waals surface area contributed by atoms with Crippen molar-refractivity contribution < 1.29 is 17.6 Å². The first-order chi connectivity index (χ1) is 12.8. The van der Waals surface area contributed by atoms with Crippen molar-refractivity contribution in [3.8, 4) is 0 Å². The van der Waals surface area contributed by atoms with Gasteiger partial charge in [0.1, 0.15) is 5.82 Å². The summed E-state index contributed by atoms with van der Waals surface area (Å²) in [6.45, 7) is 0.261. The number of aromatic nitrogens is 2. The number of hydrogen-bond acceptors (Lipinski definition) is 4. The lowest BCUT2D eigenvalue weighted by atomic mass is 10.2. The van der Waals surface area contributed by atoms with E-state index in [0.717, 1.165) is 11.6 Å². The summed E-state index contributed by atoms with van der Waals surface area (Å²) in [4.78, 5) is 12.2. The first kappa shape index (κ1) is 18.6. The molecule has 0 aliphatic rings. The van der Waals surface area contributed by atoms with Crippen LogP contribution in [0.5, 0.6) is 0 Å². The molecule has 0 bridgehead atoms. The summed E-state index contributed by atoms with van der Waals surface area (Å²) in [7, 11) is -2.27. The fourth-order valence-corrected chi connectivity index (χ4v) is 3.51. The molecule has 3 aromatic rings. The van der Waals surface area contributed by atoms with Gasteiger partial charge >= 0.3 is 0 Å². The van der Waals surface area contributed by atoms with E-state index in [2.05, 4.69) is 15.1 Å². The highest BCUT2D eigenvalue weighted by molar-refractivity contribution is 7.92. The molecular weight excluding hydrogens is 371 g/mol. The van der Waals surface area contributed by atoms with E-state index in [-0.39, 0.29) is 22.7 Å². The summed E-state index contributed by atoms with van der Waals surface area (Å²) in [6.07, 6.45) is 3.39.